The zero-order valence-electron chi connectivity index (χ0n) is 24.4. The van der Waals surface area contributed by atoms with Gasteiger partial charge in [-0.3, -0.25) is 0 Å². The molecule has 0 aromatic rings. The molecule has 0 amide bonds. The third kappa shape index (κ3) is 63.2. The first-order valence-electron chi connectivity index (χ1n) is 13.4. The number of thioether (sulfide) groups is 2. The Kier molecular flexibility index (Phi) is 45.0. The molecule has 32 heavy (non-hydrogen) atoms. The first kappa shape index (κ1) is 39.8. The van der Waals surface area contributed by atoms with E-state index in [1.54, 1.807) is 0 Å². The fourth-order valence-electron chi connectivity index (χ4n) is 1.85. The van der Waals surface area contributed by atoms with Crippen LogP contribution in [0, 0.1) is 23.7 Å². The second kappa shape index (κ2) is 36.2. The predicted molar refractivity (Wildman–Crippen MR) is 157 cm³/mol. The Labute approximate surface area is 214 Å². The lowest BCUT2D eigenvalue weighted by Gasteiger charge is -2.03. The molecule has 0 aromatic heterocycles. The van der Waals surface area contributed by atoms with Crippen molar-refractivity contribution in [3.8, 4) is 0 Å². The first-order valence-corrected chi connectivity index (χ1v) is 15.7. The lowest BCUT2D eigenvalue weighted by Crippen LogP contribution is -2.01. The highest BCUT2D eigenvalue weighted by Crippen LogP contribution is 2.08. The van der Waals surface area contributed by atoms with Gasteiger partial charge >= 0.3 is 0 Å². The molecule has 0 aliphatic carbocycles. The minimum atomic E-state index is 0.682. The Morgan fingerprint density at radius 3 is 1.53 bits per heavy atom. The molecule has 0 saturated heterocycles. The van der Waals surface area contributed by atoms with Crippen LogP contribution in [0.5, 0.6) is 0 Å². The third-order valence-electron chi connectivity index (χ3n) is 3.69. The van der Waals surface area contributed by atoms with Gasteiger partial charge in [0.2, 0.25) is 0 Å². The molecule has 4 heteroatoms. The van der Waals surface area contributed by atoms with Gasteiger partial charge in [0.15, 0.2) is 0 Å². The van der Waals surface area contributed by atoms with Gasteiger partial charge in [0, 0.05) is 26.4 Å². The van der Waals surface area contributed by atoms with E-state index < -0.39 is 0 Å². The van der Waals surface area contributed by atoms with Crippen LogP contribution in [0.4, 0.5) is 0 Å². The standard InChI is InChI=1S/2C7H16O.2C7H16S/c1-4-8-6-5-7(2)3;1-4-5-8-6-7(2)3;1-4-8-6-5-7(2)3;1-4-5-8-6-7(2)3/h4*7H,4-6H2,1-3H3. The van der Waals surface area contributed by atoms with Crippen LogP contribution in [-0.2, 0) is 9.47 Å². The molecule has 0 heterocycles. The van der Waals surface area contributed by atoms with E-state index in [4.69, 9.17) is 9.47 Å². The number of ether oxygens (including phenoxy) is 2. The van der Waals surface area contributed by atoms with Crippen molar-refractivity contribution < 1.29 is 9.47 Å². The van der Waals surface area contributed by atoms with E-state index in [-0.39, 0.29) is 0 Å². The van der Waals surface area contributed by atoms with E-state index in [0.29, 0.717) is 5.92 Å². The molecule has 0 rings (SSSR count). The zero-order valence-corrected chi connectivity index (χ0v) is 26.1. The molecule has 0 atom stereocenters. The first-order chi connectivity index (χ1) is 15.1. The van der Waals surface area contributed by atoms with Gasteiger partial charge in [-0.1, -0.05) is 76.2 Å². The molecule has 0 saturated carbocycles. The quantitative estimate of drug-likeness (QED) is 0.198. The van der Waals surface area contributed by atoms with Crippen LogP contribution in [0.1, 0.15) is 109 Å². The summed E-state index contributed by atoms with van der Waals surface area (Å²) in [5.74, 6) is 8.48. The molecule has 0 radical (unpaired) electrons. The normalized spacial score (nSPS) is 10.5. The third-order valence-corrected chi connectivity index (χ3v) is 6.22. The highest BCUT2D eigenvalue weighted by atomic mass is 32.2. The largest absolute Gasteiger partial charge is 0.382 e. The Morgan fingerprint density at radius 2 is 1.16 bits per heavy atom. The van der Waals surface area contributed by atoms with E-state index in [1.807, 2.05) is 18.7 Å². The Bertz CT molecular complexity index is 227. The second-order valence-electron chi connectivity index (χ2n) is 9.70. The van der Waals surface area contributed by atoms with Crippen LogP contribution in [-0.4, -0.2) is 49.4 Å². The van der Waals surface area contributed by atoms with Crippen LogP contribution in [0.3, 0.4) is 0 Å². The highest BCUT2D eigenvalue weighted by molar-refractivity contribution is 7.99. The molecule has 0 fully saturated rings. The maximum Gasteiger partial charge on any atom is 0.0488 e. The molecule has 0 aromatic carbocycles. The minimum Gasteiger partial charge on any atom is -0.382 e. The lowest BCUT2D eigenvalue weighted by molar-refractivity contribution is 0.110. The molecular formula is C28H64O2S2. The molecule has 0 unspecified atom stereocenters. The molecule has 0 bridgehead atoms. The average Bonchev–Trinajstić information content (AvgIpc) is 2.69. The average molecular weight is 497 g/mol. The minimum absolute atomic E-state index is 0.682. The summed E-state index contributed by atoms with van der Waals surface area (Å²) in [6, 6.07) is 0. The van der Waals surface area contributed by atoms with Crippen molar-refractivity contribution in [3.63, 3.8) is 0 Å². The Hall–Kier alpha value is 0.620. The maximum atomic E-state index is 5.24. The van der Waals surface area contributed by atoms with Crippen molar-refractivity contribution in [1.29, 1.82) is 0 Å². The molecule has 0 N–H and O–H groups in total. The Balaban J connectivity index is -0.000000163. The number of rotatable bonds is 16. The summed E-state index contributed by atoms with van der Waals surface area (Å²) in [5.41, 5.74) is 0. The van der Waals surface area contributed by atoms with Gasteiger partial charge in [-0.2, -0.15) is 23.5 Å². The maximum absolute atomic E-state index is 5.24. The van der Waals surface area contributed by atoms with Crippen molar-refractivity contribution in [2.75, 3.05) is 49.4 Å². The highest BCUT2D eigenvalue weighted by Gasteiger charge is 1.92. The summed E-state index contributed by atoms with van der Waals surface area (Å²) in [5, 5.41) is 0. The van der Waals surface area contributed by atoms with Crippen molar-refractivity contribution in [3.05, 3.63) is 0 Å². The molecule has 2 nitrogen and oxygen atoms in total. The molecule has 0 aliphatic rings. The van der Waals surface area contributed by atoms with Crippen LogP contribution in [0.15, 0.2) is 0 Å². The monoisotopic (exact) mass is 496 g/mol. The zero-order chi connectivity index (χ0) is 25.6. The Morgan fingerprint density at radius 1 is 0.562 bits per heavy atom. The summed E-state index contributed by atoms with van der Waals surface area (Å²) >= 11 is 4.10. The fourth-order valence-corrected chi connectivity index (χ4v) is 3.71. The van der Waals surface area contributed by atoms with Crippen molar-refractivity contribution in [1.82, 2.24) is 0 Å². The van der Waals surface area contributed by atoms with Gasteiger partial charge in [0.1, 0.15) is 0 Å². The summed E-state index contributed by atoms with van der Waals surface area (Å²) < 4.78 is 10.4. The van der Waals surface area contributed by atoms with Gasteiger partial charge in [0.05, 0.1) is 0 Å². The molecule has 200 valence electrons. The number of hydrogen-bond acceptors (Lipinski definition) is 4. The van der Waals surface area contributed by atoms with E-state index in [1.165, 1.54) is 42.3 Å². The second-order valence-corrected chi connectivity index (χ2v) is 12.2. The van der Waals surface area contributed by atoms with E-state index in [2.05, 4.69) is 87.9 Å². The SMILES string of the molecule is CCCOCC(C)C.CCCSCC(C)C.CCOCCC(C)C.CCSCCC(C)C. The summed E-state index contributed by atoms with van der Waals surface area (Å²) in [6.45, 7) is 30.0. The van der Waals surface area contributed by atoms with Gasteiger partial charge in [0.25, 0.3) is 0 Å². The summed E-state index contributed by atoms with van der Waals surface area (Å²) in [7, 11) is 0. The lowest BCUT2D eigenvalue weighted by atomic mass is 10.1. The van der Waals surface area contributed by atoms with Crippen molar-refractivity contribution in [2.24, 2.45) is 23.7 Å². The molecule has 0 spiro atoms. The van der Waals surface area contributed by atoms with E-state index in [0.717, 1.165) is 50.6 Å². The predicted octanol–water partition coefficient (Wildman–Crippen LogP) is 9.71. The summed E-state index contributed by atoms with van der Waals surface area (Å²) in [4.78, 5) is 0. The van der Waals surface area contributed by atoms with Crippen LogP contribution in [0.2, 0.25) is 0 Å². The van der Waals surface area contributed by atoms with E-state index >= 15 is 0 Å². The van der Waals surface area contributed by atoms with Crippen LogP contribution >= 0.6 is 23.5 Å². The van der Waals surface area contributed by atoms with Crippen LogP contribution in [0.25, 0.3) is 0 Å². The summed E-state index contributed by atoms with van der Waals surface area (Å²) in [6.07, 6.45) is 5.01. The van der Waals surface area contributed by atoms with Gasteiger partial charge in [-0.15, -0.1) is 0 Å². The molecule has 0 aliphatic heterocycles. The van der Waals surface area contributed by atoms with Crippen LogP contribution < -0.4 is 0 Å². The van der Waals surface area contributed by atoms with E-state index in [9.17, 15) is 0 Å². The van der Waals surface area contributed by atoms with Gasteiger partial charge in [-0.05, 0) is 79.3 Å². The van der Waals surface area contributed by atoms with Gasteiger partial charge in [-0.25, -0.2) is 0 Å². The van der Waals surface area contributed by atoms with Crippen molar-refractivity contribution in [2.45, 2.75) is 109 Å². The fraction of sp³-hybridized carbons (Fsp3) is 1.00. The molecular weight excluding hydrogens is 432 g/mol. The van der Waals surface area contributed by atoms with Crippen molar-refractivity contribution >= 4 is 23.5 Å². The number of hydrogen-bond donors (Lipinski definition) is 0. The topological polar surface area (TPSA) is 18.5 Å². The smallest absolute Gasteiger partial charge is 0.0488 e. The van der Waals surface area contributed by atoms with Gasteiger partial charge < -0.3 is 9.47 Å².